The molecule has 0 saturated carbocycles. The molecule has 0 spiro atoms. The van der Waals surface area contributed by atoms with Crippen molar-refractivity contribution >= 4 is 29.7 Å². The first-order valence-corrected chi connectivity index (χ1v) is 15.9. The number of rotatable bonds is 14. The lowest BCUT2D eigenvalue weighted by molar-refractivity contribution is -0.137. The Hall–Kier alpha value is -4.04. The summed E-state index contributed by atoms with van der Waals surface area (Å²) in [5, 5.41) is 14.9. The van der Waals surface area contributed by atoms with Crippen LogP contribution in [0.1, 0.15) is 64.2 Å². The Bertz CT molecular complexity index is 1280. The molecule has 3 aromatic rings. The molecule has 0 saturated heterocycles. The van der Waals surface area contributed by atoms with Gasteiger partial charge in [-0.1, -0.05) is 117 Å². The van der Waals surface area contributed by atoms with E-state index in [0.717, 1.165) is 5.75 Å². The van der Waals surface area contributed by atoms with E-state index in [2.05, 4.69) is 83.4 Å². The Morgan fingerprint density at radius 3 is 1.70 bits per heavy atom. The van der Waals surface area contributed by atoms with Crippen LogP contribution in [-0.2, 0) is 19.1 Å². The SMILES string of the molecule is CC(C)[C@H](NC(=O)OC(C)(C)C)C(=O)NC(C=CCCSC(c1ccccc1)(c1ccccc1)c1ccccc1)CC(=O)O. The summed E-state index contributed by atoms with van der Waals surface area (Å²) in [5.41, 5.74) is 2.78. The number of carboxylic acids is 1. The van der Waals surface area contributed by atoms with E-state index >= 15 is 0 Å². The Morgan fingerprint density at radius 1 is 0.818 bits per heavy atom. The van der Waals surface area contributed by atoms with Crippen molar-refractivity contribution in [3.8, 4) is 0 Å². The highest BCUT2D eigenvalue weighted by atomic mass is 32.2. The molecular formula is C36H44N2O5S. The fourth-order valence-electron chi connectivity index (χ4n) is 4.91. The van der Waals surface area contributed by atoms with Gasteiger partial charge in [0.2, 0.25) is 5.91 Å². The van der Waals surface area contributed by atoms with Crippen LogP contribution in [0.2, 0.25) is 0 Å². The van der Waals surface area contributed by atoms with Crippen LogP contribution in [0.5, 0.6) is 0 Å². The summed E-state index contributed by atoms with van der Waals surface area (Å²) in [6.07, 6.45) is 3.31. The molecule has 8 heteroatoms. The van der Waals surface area contributed by atoms with Gasteiger partial charge in [0.25, 0.3) is 0 Å². The third kappa shape index (κ3) is 10.0. The molecule has 0 fully saturated rings. The van der Waals surface area contributed by atoms with E-state index in [1.165, 1.54) is 16.7 Å². The molecule has 0 aliphatic heterocycles. The number of carbonyl (C=O) groups excluding carboxylic acids is 2. The molecule has 1 unspecified atom stereocenters. The van der Waals surface area contributed by atoms with Gasteiger partial charge in [0.1, 0.15) is 11.6 Å². The first-order chi connectivity index (χ1) is 20.9. The second-order valence-electron chi connectivity index (χ2n) is 11.9. The third-order valence-electron chi connectivity index (χ3n) is 6.86. The molecular weight excluding hydrogens is 572 g/mol. The number of aliphatic carboxylic acids is 1. The molecule has 2 amide bonds. The topological polar surface area (TPSA) is 105 Å². The van der Waals surface area contributed by atoms with Crippen LogP contribution in [0.4, 0.5) is 4.79 Å². The molecule has 7 nitrogen and oxygen atoms in total. The van der Waals surface area contributed by atoms with Gasteiger partial charge >= 0.3 is 12.1 Å². The number of benzene rings is 3. The van der Waals surface area contributed by atoms with E-state index in [-0.39, 0.29) is 12.3 Å². The molecule has 3 N–H and O–H groups in total. The molecule has 0 aliphatic carbocycles. The zero-order chi connectivity index (χ0) is 32.2. The van der Waals surface area contributed by atoms with Crippen molar-refractivity contribution in [3.63, 3.8) is 0 Å². The zero-order valence-electron chi connectivity index (χ0n) is 26.2. The lowest BCUT2D eigenvalue weighted by Gasteiger charge is -2.35. The van der Waals surface area contributed by atoms with E-state index in [9.17, 15) is 19.5 Å². The number of hydrogen-bond donors (Lipinski definition) is 3. The van der Waals surface area contributed by atoms with Gasteiger partial charge in [-0.15, -0.1) is 11.8 Å². The third-order valence-corrected chi connectivity index (χ3v) is 8.44. The number of allylic oxidation sites excluding steroid dienone is 1. The lowest BCUT2D eigenvalue weighted by Crippen LogP contribution is -2.53. The quantitative estimate of drug-likeness (QED) is 0.101. The van der Waals surface area contributed by atoms with Crippen molar-refractivity contribution in [2.24, 2.45) is 5.92 Å². The van der Waals surface area contributed by atoms with E-state index in [4.69, 9.17) is 4.74 Å². The number of alkyl carbamates (subject to hydrolysis) is 1. The maximum atomic E-state index is 13.2. The Labute approximate surface area is 265 Å². The first kappa shape index (κ1) is 34.5. The molecule has 44 heavy (non-hydrogen) atoms. The summed E-state index contributed by atoms with van der Waals surface area (Å²) in [7, 11) is 0. The smallest absolute Gasteiger partial charge is 0.408 e. The normalized spacial score (nSPS) is 13.3. The van der Waals surface area contributed by atoms with Gasteiger partial charge in [0.05, 0.1) is 17.2 Å². The zero-order valence-corrected chi connectivity index (χ0v) is 27.0. The number of hydrogen-bond acceptors (Lipinski definition) is 5. The second-order valence-corrected chi connectivity index (χ2v) is 13.2. The van der Waals surface area contributed by atoms with Crippen LogP contribution in [0.3, 0.4) is 0 Å². The predicted molar refractivity (Wildman–Crippen MR) is 178 cm³/mol. The molecule has 234 valence electrons. The van der Waals surface area contributed by atoms with Crippen molar-refractivity contribution < 1.29 is 24.2 Å². The van der Waals surface area contributed by atoms with E-state index in [0.29, 0.717) is 6.42 Å². The Morgan fingerprint density at radius 2 is 1.30 bits per heavy atom. The van der Waals surface area contributed by atoms with Gasteiger partial charge in [-0.2, -0.15) is 0 Å². The summed E-state index contributed by atoms with van der Waals surface area (Å²) in [6, 6.07) is 29.6. The molecule has 0 aliphatic rings. The van der Waals surface area contributed by atoms with E-state index in [1.54, 1.807) is 40.7 Å². The largest absolute Gasteiger partial charge is 0.481 e. The van der Waals surface area contributed by atoms with Crippen LogP contribution in [0.25, 0.3) is 0 Å². The minimum atomic E-state index is -1.04. The highest BCUT2D eigenvalue weighted by molar-refractivity contribution is 8.00. The predicted octanol–water partition coefficient (Wildman–Crippen LogP) is 7.17. The van der Waals surface area contributed by atoms with Gasteiger partial charge in [-0.05, 0) is 55.6 Å². The molecule has 0 aromatic heterocycles. The average molecular weight is 617 g/mol. The molecule has 0 heterocycles. The Kier molecular flexibility index (Phi) is 12.6. The number of amides is 2. The number of carboxylic acid groups (broad SMARTS) is 1. The van der Waals surface area contributed by atoms with Gasteiger partial charge < -0.3 is 20.5 Å². The molecule has 0 bridgehead atoms. The number of thioether (sulfide) groups is 1. The monoisotopic (exact) mass is 616 g/mol. The summed E-state index contributed by atoms with van der Waals surface area (Å²) in [5.74, 6) is -1.01. The van der Waals surface area contributed by atoms with E-state index in [1.807, 2.05) is 36.0 Å². The number of carbonyl (C=O) groups is 3. The second kappa shape index (κ2) is 16.1. The van der Waals surface area contributed by atoms with Gasteiger partial charge in [0.15, 0.2) is 0 Å². The van der Waals surface area contributed by atoms with Crippen molar-refractivity contribution in [2.45, 2.75) is 69.9 Å². The summed E-state index contributed by atoms with van der Waals surface area (Å²) < 4.78 is 4.86. The highest BCUT2D eigenvalue weighted by Gasteiger charge is 2.36. The van der Waals surface area contributed by atoms with Crippen molar-refractivity contribution in [2.75, 3.05) is 5.75 Å². The number of ether oxygens (including phenoxy) is 1. The lowest BCUT2D eigenvalue weighted by atomic mass is 9.84. The standard InChI is InChI=1S/C36H44N2O5S/c1-26(2)32(38-34(42)43-35(3,4)5)33(41)37-30(25-31(39)40)23-15-16-24-44-36(27-17-9-6-10-18-27,28-19-11-7-12-20-28)29-21-13-8-14-22-29/h6-15,17-23,26,30,32H,16,24-25H2,1-5H3,(H,37,41)(H,38,42)(H,39,40)/t30?,32-/m0/s1. The molecule has 3 rings (SSSR count). The summed E-state index contributed by atoms with van der Waals surface area (Å²) in [6.45, 7) is 8.84. The van der Waals surface area contributed by atoms with Crippen LogP contribution in [-0.4, -0.2) is 46.5 Å². The average Bonchev–Trinajstić information content (AvgIpc) is 2.98. The van der Waals surface area contributed by atoms with Crippen molar-refractivity contribution in [1.82, 2.24) is 10.6 Å². The minimum Gasteiger partial charge on any atom is -0.481 e. The highest BCUT2D eigenvalue weighted by Crippen LogP contribution is 2.48. The van der Waals surface area contributed by atoms with E-state index < -0.39 is 40.4 Å². The number of nitrogens with one attached hydrogen (secondary N) is 2. The minimum absolute atomic E-state index is 0.240. The van der Waals surface area contributed by atoms with Crippen molar-refractivity contribution in [1.29, 1.82) is 0 Å². The van der Waals surface area contributed by atoms with Crippen molar-refractivity contribution in [3.05, 3.63) is 120 Å². The van der Waals surface area contributed by atoms with Gasteiger partial charge in [0, 0.05) is 0 Å². The van der Waals surface area contributed by atoms with Crippen LogP contribution >= 0.6 is 11.8 Å². The van der Waals surface area contributed by atoms with Crippen LogP contribution in [0, 0.1) is 5.92 Å². The summed E-state index contributed by atoms with van der Waals surface area (Å²) in [4.78, 5) is 37.1. The maximum absolute atomic E-state index is 13.2. The van der Waals surface area contributed by atoms with Gasteiger partial charge in [-0.3, -0.25) is 9.59 Å². The molecule has 0 radical (unpaired) electrons. The summed E-state index contributed by atoms with van der Waals surface area (Å²) >= 11 is 1.81. The van der Waals surface area contributed by atoms with Crippen LogP contribution < -0.4 is 10.6 Å². The molecule has 2 atom stereocenters. The van der Waals surface area contributed by atoms with Crippen LogP contribution in [0.15, 0.2) is 103 Å². The first-order valence-electron chi connectivity index (χ1n) is 14.9. The van der Waals surface area contributed by atoms with Gasteiger partial charge in [-0.25, -0.2) is 4.79 Å². The fourth-order valence-corrected chi connectivity index (χ4v) is 6.37. The maximum Gasteiger partial charge on any atom is 0.408 e. The molecule has 3 aromatic carbocycles. The fraction of sp³-hybridized carbons (Fsp3) is 0.361. The Balaban J connectivity index is 1.78.